The van der Waals surface area contributed by atoms with Crippen molar-refractivity contribution in [2.45, 2.75) is 38.6 Å². The summed E-state index contributed by atoms with van der Waals surface area (Å²) in [4.78, 5) is 20.2. The van der Waals surface area contributed by atoms with E-state index in [0.717, 1.165) is 30.6 Å². The molecule has 2 aromatic heterocycles. The summed E-state index contributed by atoms with van der Waals surface area (Å²) in [5.41, 5.74) is 2.85. The van der Waals surface area contributed by atoms with Gasteiger partial charge in [0.2, 0.25) is 0 Å². The van der Waals surface area contributed by atoms with Crippen molar-refractivity contribution in [3.05, 3.63) is 51.7 Å². The minimum atomic E-state index is -0.139. The molecule has 0 saturated carbocycles. The summed E-state index contributed by atoms with van der Waals surface area (Å²) in [5.74, 6) is 1.49. The molecule has 0 radical (unpaired) electrons. The van der Waals surface area contributed by atoms with Gasteiger partial charge in [0.1, 0.15) is 17.0 Å². The van der Waals surface area contributed by atoms with Crippen LogP contribution in [0, 0.1) is 0 Å². The fraction of sp³-hybridized carbons (Fsp3) is 0.450. The Balaban J connectivity index is 1.71. The van der Waals surface area contributed by atoms with Gasteiger partial charge in [-0.25, -0.2) is 9.67 Å². The van der Waals surface area contributed by atoms with Crippen LogP contribution in [-0.4, -0.2) is 40.1 Å². The zero-order valence-corrected chi connectivity index (χ0v) is 15.7. The standard InChI is InChI=1S/C20H24N4O3/c1-3-13-10-16(26-2)5-4-14(13)11-18-22-19-17(20(25)23-18)12-21-24(19)15-6-8-27-9-7-15/h4-5,10,12,15H,3,6-9,11H2,1-2H3,(H,22,23,25). The van der Waals surface area contributed by atoms with Crippen LogP contribution < -0.4 is 10.3 Å². The van der Waals surface area contributed by atoms with Gasteiger partial charge < -0.3 is 14.5 Å². The minimum absolute atomic E-state index is 0.139. The average Bonchev–Trinajstić information content (AvgIpc) is 3.13. The van der Waals surface area contributed by atoms with Crippen LogP contribution in [0.5, 0.6) is 5.75 Å². The maximum absolute atomic E-state index is 12.5. The molecule has 1 aromatic carbocycles. The molecule has 1 N–H and O–H groups in total. The lowest BCUT2D eigenvalue weighted by atomic mass is 10.0. The summed E-state index contributed by atoms with van der Waals surface area (Å²) in [6, 6.07) is 6.25. The summed E-state index contributed by atoms with van der Waals surface area (Å²) >= 11 is 0. The Kier molecular flexibility index (Phi) is 4.94. The number of aromatic nitrogens is 4. The van der Waals surface area contributed by atoms with Crippen molar-refractivity contribution in [1.29, 1.82) is 0 Å². The van der Waals surface area contributed by atoms with E-state index < -0.39 is 0 Å². The fourth-order valence-corrected chi connectivity index (χ4v) is 3.67. The molecule has 7 nitrogen and oxygen atoms in total. The molecule has 0 atom stereocenters. The number of hydrogen-bond acceptors (Lipinski definition) is 5. The molecule has 0 bridgehead atoms. The van der Waals surface area contributed by atoms with Crippen molar-refractivity contribution < 1.29 is 9.47 Å². The first-order valence-electron chi connectivity index (χ1n) is 9.39. The van der Waals surface area contributed by atoms with Crippen molar-refractivity contribution >= 4 is 11.0 Å². The molecule has 0 aliphatic carbocycles. The van der Waals surface area contributed by atoms with Gasteiger partial charge >= 0.3 is 0 Å². The van der Waals surface area contributed by atoms with Gasteiger partial charge in [-0.05, 0) is 42.5 Å². The van der Waals surface area contributed by atoms with E-state index in [2.05, 4.69) is 17.0 Å². The van der Waals surface area contributed by atoms with Gasteiger partial charge in [-0.3, -0.25) is 4.79 Å². The Hall–Kier alpha value is -2.67. The van der Waals surface area contributed by atoms with Gasteiger partial charge in [-0.1, -0.05) is 13.0 Å². The predicted octanol–water partition coefficient (Wildman–Crippen LogP) is 2.63. The van der Waals surface area contributed by atoms with Crippen LogP contribution in [0.4, 0.5) is 0 Å². The third-order valence-electron chi connectivity index (χ3n) is 5.20. The molecule has 1 aliphatic heterocycles. The number of nitrogens with one attached hydrogen (secondary N) is 1. The number of H-pyrrole nitrogens is 1. The van der Waals surface area contributed by atoms with E-state index in [1.54, 1.807) is 13.3 Å². The normalized spacial score (nSPS) is 15.3. The highest BCUT2D eigenvalue weighted by Gasteiger charge is 2.20. The summed E-state index contributed by atoms with van der Waals surface area (Å²) in [7, 11) is 1.67. The molecule has 3 heterocycles. The Morgan fingerprint density at radius 3 is 2.85 bits per heavy atom. The molecular weight excluding hydrogens is 344 g/mol. The highest BCUT2D eigenvalue weighted by Crippen LogP contribution is 2.24. The van der Waals surface area contributed by atoms with E-state index in [-0.39, 0.29) is 11.6 Å². The SMILES string of the molecule is CCc1cc(OC)ccc1Cc1nc2c(cnn2C2CCOCC2)c(=O)[nH]1. The molecule has 1 saturated heterocycles. The Labute approximate surface area is 157 Å². The number of methoxy groups -OCH3 is 1. The van der Waals surface area contributed by atoms with E-state index in [1.165, 1.54) is 5.56 Å². The number of fused-ring (bicyclic) bond motifs is 1. The lowest BCUT2D eigenvalue weighted by Gasteiger charge is -2.22. The molecule has 0 unspecified atom stereocenters. The largest absolute Gasteiger partial charge is 0.497 e. The predicted molar refractivity (Wildman–Crippen MR) is 102 cm³/mol. The molecule has 7 heteroatoms. The lowest BCUT2D eigenvalue weighted by Crippen LogP contribution is -2.21. The number of rotatable bonds is 5. The first-order valence-corrected chi connectivity index (χ1v) is 9.39. The second-order valence-corrected chi connectivity index (χ2v) is 6.85. The molecule has 3 aromatic rings. The summed E-state index contributed by atoms with van der Waals surface area (Å²) in [6.45, 7) is 3.54. The number of nitrogens with zero attached hydrogens (tertiary/aromatic N) is 3. The topological polar surface area (TPSA) is 82.0 Å². The maximum Gasteiger partial charge on any atom is 0.262 e. The van der Waals surface area contributed by atoms with Crippen LogP contribution >= 0.6 is 0 Å². The van der Waals surface area contributed by atoms with E-state index in [1.807, 2.05) is 22.9 Å². The number of benzene rings is 1. The molecule has 1 fully saturated rings. The summed E-state index contributed by atoms with van der Waals surface area (Å²) in [6.07, 6.45) is 4.85. The number of hydrogen-bond donors (Lipinski definition) is 1. The molecular formula is C20H24N4O3. The monoisotopic (exact) mass is 368 g/mol. The van der Waals surface area contributed by atoms with Gasteiger partial charge in [0.15, 0.2) is 5.65 Å². The van der Waals surface area contributed by atoms with Crippen LogP contribution in [0.3, 0.4) is 0 Å². The van der Waals surface area contributed by atoms with Crippen molar-refractivity contribution in [1.82, 2.24) is 19.7 Å². The van der Waals surface area contributed by atoms with Crippen LogP contribution in [0.1, 0.15) is 42.8 Å². The van der Waals surface area contributed by atoms with Gasteiger partial charge in [0, 0.05) is 19.6 Å². The second-order valence-electron chi connectivity index (χ2n) is 6.85. The smallest absolute Gasteiger partial charge is 0.262 e. The zero-order chi connectivity index (χ0) is 18.8. The Morgan fingerprint density at radius 2 is 2.11 bits per heavy atom. The highest BCUT2D eigenvalue weighted by atomic mass is 16.5. The van der Waals surface area contributed by atoms with E-state index >= 15 is 0 Å². The highest BCUT2D eigenvalue weighted by molar-refractivity contribution is 5.73. The van der Waals surface area contributed by atoms with Gasteiger partial charge in [0.25, 0.3) is 5.56 Å². The zero-order valence-electron chi connectivity index (χ0n) is 15.7. The second kappa shape index (κ2) is 7.52. The quantitative estimate of drug-likeness (QED) is 0.749. The Bertz CT molecular complexity index is 1000. The molecule has 1 aliphatic rings. The molecule has 4 rings (SSSR count). The van der Waals surface area contributed by atoms with Gasteiger partial charge in [0.05, 0.1) is 19.3 Å². The molecule has 0 amide bonds. The van der Waals surface area contributed by atoms with Crippen LogP contribution in [-0.2, 0) is 17.6 Å². The summed E-state index contributed by atoms with van der Waals surface area (Å²) in [5, 5.41) is 4.98. The van der Waals surface area contributed by atoms with E-state index in [4.69, 9.17) is 14.5 Å². The van der Waals surface area contributed by atoms with Crippen LogP contribution in [0.15, 0.2) is 29.2 Å². The first-order chi connectivity index (χ1) is 13.2. The molecule has 27 heavy (non-hydrogen) atoms. The minimum Gasteiger partial charge on any atom is -0.497 e. The Morgan fingerprint density at radius 1 is 1.30 bits per heavy atom. The van der Waals surface area contributed by atoms with Gasteiger partial charge in [-0.2, -0.15) is 5.10 Å². The van der Waals surface area contributed by atoms with Crippen molar-refractivity contribution in [2.75, 3.05) is 20.3 Å². The molecule has 142 valence electrons. The van der Waals surface area contributed by atoms with Crippen molar-refractivity contribution in [2.24, 2.45) is 0 Å². The maximum atomic E-state index is 12.5. The van der Waals surface area contributed by atoms with Crippen molar-refractivity contribution in [3.63, 3.8) is 0 Å². The first kappa shape index (κ1) is 17.7. The summed E-state index contributed by atoms with van der Waals surface area (Å²) < 4.78 is 12.7. The third-order valence-corrected chi connectivity index (χ3v) is 5.20. The fourth-order valence-electron chi connectivity index (χ4n) is 3.67. The lowest BCUT2D eigenvalue weighted by molar-refractivity contribution is 0.0673. The third kappa shape index (κ3) is 3.47. The molecule has 0 spiro atoms. The van der Waals surface area contributed by atoms with E-state index in [9.17, 15) is 4.79 Å². The number of aromatic amines is 1. The van der Waals surface area contributed by atoms with Gasteiger partial charge in [-0.15, -0.1) is 0 Å². The average molecular weight is 368 g/mol. The van der Waals surface area contributed by atoms with E-state index in [0.29, 0.717) is 36.5 Å². The number of ether oxygens (including phenoxy) is 2. The van der Waals surface area contributed by atoms with Crippen molar-refractivity contribution in [3.8, 4) is 5.75 Å². The number of aryl methyl sites for hydroxylation is 1. The van der Waals surface area contributed by atoms with Crippen LogP contribution in [0.25, 0.3) is 11.0 Å². The van der Waals surface area contributed by atoms with Crippen LogP contribution in [0.2, 0.25) is 0 Å².